The number of nitrogens with zero attached hydrogens (tertiary/aromatic N) is 3. The Kier molecular flexibility index (Phi) is 16.7. The highest BCUT2D eigenvalue weighted by molar-refractivity contribution is 5.98. The molecule has 0 spiro atoms. The van der Waals surface area contributed by atoms with Crippen LogP contribution in [0.3, 0.4) is 0 Å². The standard InChI is InChI=1S/C42H57F2N7O10/c1-25-39(56)51-18-8-12-33(51)42(59)61-23-31(40(57)50-17-7-11-32(50)41(58)49(2)34(38(55)46-25)24-60-36(53)13-6-16-45)48-37(54)30(21-27-19-28(43)22-29(44)20-27)47-35(52)15-14-26-9-4-3-5-10-26/h14-15,19-20,22,25-26,30-34H,3-13,16-18,21,23-24,45H2,1-2H3,(H,46,55)(H,47,52)(H,48,54)/t25-,30-,31-,32-,33-,34-/m0/s1. The molecular weight excluding hydrogens is 800 g/mol. The molecule has 1 aliphatic carbocycles. The van der Waals surface area contributed by atoms with Gasteiger partial charge in [-0.15, -0.1) is 0 Å². The highest BCUT2D eigenvalue weighted by atomic mass is 19.1. The lowest BCUT2D eigenvalue weighted by Gasteiger charge is -2.35. The second kappa shape index (κ2) is 21.9. The Labute approximate surface area is 353 Å². The van der Waals surface area contributed by atoms with Crippen LogP contribution in [0.5, 0.6) is 0 Å². The zero-order valence-electron chi connectivity index (χ0n) is 34.7. The lowest BCUT2D eigenvalue weighted by Crippen LogP contribution is -2.61. The van der Waals surface area contributed by atoms with E-state index in [4.69, 9.17) is 15.2 Å². The summed E-state index contributed by atoms with van der Waals surface area (Å²) in [4.78, 5) is 113. The van der Waals surface area contributed by atoms with Gasteiger partial charge in [-0.05, 0) is 88.1 Å². The third-order valence-electron chi connectivity index (χ3n) is 11.6. The van der Waals surface area contributed by atoms with E-state index in [1.807, 2.05) is 0 Å². The third-order valence-corrected chi connectivity index (χ3v) is 11.6. The first-order valence-corrected chi connectivity index (χ1v) is 21.1. The predicted molar refractivity (Wildman–Crippen MR) is 213 cm³/mol. The van der Waals surface area contributed by atoms with E-state index in [0.717, 1.165) is 49.1 Å². The molecule has 4 fully saturated rings. The SMILES string of the molecule is C[C@@H]1NC(=O)[C@H](COC(=O)CCCN)N(C)C(=O)[C@@H]2CCCN2C(=O)[C@@H](NC(=O)[C@H](Cc2cc(F)cc(F)c2)NC(=O)C=CC2CCCCC2)COC(=O)[C@@H]2CCCN2C1=O. The van der Waals surface area contributed by atoms with E-state index in [1.54, 1.807) is 6.08 Å². The Balaban J connectivity index is 1.45. The number of hydrogen-bond donors (Lipinski definition) is 4. The van der Waals surface area contributed by atoms with Crippen LogP contribution >= 0.6 is 0 Å². The van der Waals surface area contributed by atoms with Gasteiger partial charge in [0.25, 0.3) is 0 Å². The number of rotatable bonds is 12. The molecule has 6 amide bonds. The molecule has 0 aromatic heterocycles. The van der Waals surface area contributed by atoms with E-state index in [0.29, 0.717) is 25.3 Å². The number of halogens is 2. The smallest absolute Gasteiger partial charge is 0.328 e. The number of carbonyl (C=O) groups excluding carboxylic acids is 8. The van der Waals surface area contributed by atoms with Crippen LogP contribution in [0.25, 0.3) is 0 Å². The topological polar surface area (TPSA) is 227 Å². The molecule has 4 aliphatic rings. The van der Waals surface area contributed by atoms with Gasteiger partial charge in [0, 0.05) is 39.0 Å². The molecule has 1 aromatic carbocycles. The number of amides is 6. The van der Waals surface area contributed by atoms with Gasteiger partial charge in [0.2, 0.25) is 35.4 Å². The number of nitrogens with one attached hydrogen (secondary N) is 3. The summed E-state index contributed by atoms with van der Waals surface area (Å²) >= 11 is 0. The molecule has 3 saturated heterocycles. The highest BCUT2D eigenvalue weighted by Gasteiger charge is 2.44. The molecule has 19 heteroatoms. The fourth-order valence-electron chi connectivity index (χ4n) is 8.28. The van der Waals surface area contributed by atoms with Crippen molar-refractivity contribution in [2.75, 3.05) is 39.9 Å². The first-order valence-electron chi connectivity index (χ1n) is 21.1. The molecule has 5 rings (SSSR count). The van der Waals surface area contributed by atoms with E-state index in [2.05, 4.69) is 16.0 Å². The number of carbonyl (C=O) groups is 8. The van der Waals surface area contributed by atoms with Gasteiger partial charge in [0.1, 0.15) is 61.1 Å². The highest BCUT2D eigenvalue weighted by Crippen LogP contribution is 2.26. The maximum Gasteiger partial charge on any atom is 0.328 e. The molecule has 0 unspecified atom stereocenters. The number of ether oxygens (including phenoxy) is 2. The van der Waals surface area contributed by atoms with Crippen molar-refractivity contribution >= 4 is 47.4 Å². The summed E-state index contributed by atoms with van der Waals surface area (Å²) in [6.45, 7) is 0.498. The lowest BCUT2D eigenvalue weighted by atomic mass is 9.89. The van der Waals surface area contributed by atoms with Crippen molar-refractivity contribution in [2.24, 2.45) is 11.7 Å². The first kappa shape index (κ1) is 46.6. The molecule has 334 valence electrons. The molecule has 1 saturated carbocycles. The Morgan fingerprint density at radius 3 is 2.25 bits per heavy atom. The number of likely N-dealkylation sites (N-methyl/N-ethyl adjacent to an activating group) is 1. The molecular formula is C42H57F2N7O10. The van der Waals surface area contributed by atoms with Gasteiger partial charge in [-0.2, -0.15) is 0 Å². The van der Waals surface area contributed by atoms with Crippen molar-refractivity contribution in [3.63, 3.8) is 0 Å². The van der Waals surface area contributed by atoms with Crippen molar-refractivity contribution in [1.29, 1.82) is 0 Å². The van der Waals surface area contributed by atoms with E-state index in [9.17, 15) is 47.1 Å². The number of nitrogens with two attached hydrogens (primary N) is 1. The minimum Gasteiger partial charge on any atom is -0.463 e. The molecule has 3 aliphatic heterocycles. The van der Waals surface area contributed by atoms with Gasteiger partial charge in [0.15, 0.2) is 0 Å². The van der Waals surface area contributed by atoms with Gasteiger partial charge >= 0.3 is 11.9 Å². The van der Waals surface area contributed by atoms with E-state index < -0.39 is 115 Å². The average molecular weight is 858 g/mol. The van der Waals surface area contributed by atoms with Crippen LogP contribution in [0.2, 0.25) is 0 Å². The summed E-state index contributed by atoms with van der Waals surface area (Å²) in [5.74, 6) is -7.80. The lowest BCUT2D eigenvalue weighted by molar-refractivity contribution is -0.158. The molecule has 0 radical (unpaired) electrons. The number of cyclic esters (lactones) is 1. The van der Waals surface area contributed by atoms with Gasteiger partial charge in [0.05, 0.1) is 0 Å². The molecule has 1 aromatic rings. The predicted octanol–water partition coefficient (Wildman–Crippen LogP) is 0.766. The van der Waals surface area contributed by atoms with Crippen molar-refractivity contribution in [3.05, 3.63) is 47.5 Å². The van der Waals surface area contributed by atoms with E-state index >= 15 is 0 Å². The number of allylic oxidation sites excluding steroid dienone is 1. The number of benzene rings is 1. The fraction of sp³-hybridized carbons (Fsp3) is 0.619. The van der Waals surface area contributed by atoms with E-state index in [-0.39, 0.29) is 50.4 Å². The van der Waals surface area contributed by atoms with Crippen LogP contribution in [-0.4, -0.2) is 138 Å². The Bertz CT molecular complexity index is 1820. The summed E-state index contributed by atoms with van der Waals surface area (Å²) in [6, 6.07) is -5.34. The molecule has 5 N–H and O–H groups in total. The summed E-state index contributed by atoms with van der Waals surface area (Å²) in [6.07, 6.45) is 8.98. The van der Waals surface area contributed by atoms with Crippen LogP contribution in [0.1, 0.15) is 83.1 Å². The zero-order chi connectivity index (χ0) is 44.2. The van der Waals surface area contributed by atoms with Gasteiger partial charge in [-0.1, -0.05) is 25.3 Å². The third kappa shape index (κ3) is 12.5. The minimum absolute atomic E-state index is 0.0297. The monoisotopic (exact) mass is 857 g/mol. The van der Waals surface area contributed by atoms with Gasteiger partial charge < -0.3 is 45.9 Å². The normalized spacial score (nSPS) is 25.2. The van der Waals surface area contributed by atoms with Crippen molar-refractivity contribution in [1.82, 2.24) is 30.7 Å². The van der Waals surface area contributed by atoms with Gasteiger partial charge in [-0.25, -0.2) is 13.6 Å². The summed E-state index contributed by atoms with van der Waals surface area (Å²) in [5.41, 5.74) is 5.54. The van der Waals surface area contributed by atoms with Crippen molar-refractivity contribution in [2.45, 2.75) is 120 Å². The number of hydrogen-bond acceptors (Lipinski definition) is 11. The fourth-order valence-corrected chi connectivity index (χ4v) is 8.28. The first-order chi connectivity index (χ1) is 29.2. The molecule has 6 atom stereocenters. The van der Waals surface area contributed by atoms with Crippen LogP contribution < -0.4 is 21.7 Å². The average Bonchev–Trinajstić information content (AvgIpc) is 3.93. The second-order valence-corrected chi connectivity index (χ2v) is 16.1. The summed E-state index contributed by atoms with van der Waals surface area (Å²) in [7, 11) is 1.31. The van der Waals surface area contributed by atoms with Crippen molar-refractivity contribution < 1.29 is 56.6 Å². The maximum atomic E-state index is 14.5. The second-order valence-electron chi connectivity index (χ2n) is 16.1. The number of esters is 2. The maximum absolute atomic E-state index is 14.5. The van der Waals surface area contributed by atoms with E-state index in [1.165, 1.54) is 29.8 Å². The quantitative estimate of drug-likeness (QED) is 0.170. The minimum atomic E-state index is -1.64. The van der Waals surface area contributed by atoms with Crippen LogP contribution in [0.4, 0.5) is 8.78 Å². The Morgan fingerprint density at radius 1 is 0.918 bits per heavy atom. The van der Waals surface area contributed by atoms with Crippen molar-refractivity contribution in [3.8, 4) is 0 Å². The zero-order valence-corrected chi connectivity index (χ0v) is 34.7. The van der Waals surface area contributed by atoms with Gasteiger partial charge in [-0.3, -0.25) is 33.6 Å². The molecule has 17 nitrogen and oxygen atoms in total. The van der Waals surface area contributed by atoms with Crippen LogP contribution in [0.15, 0.2) is 30.4 Å². The molecule has 0 bridgehead atoms. The molecule has 61 heavy (non-hydrogen) atoms. The van der Waals surface area contributed by atoms with Crippen LogP contribution in [0, 0.1) is 17.6 Å². The largest absolute Gasteiger partial charge is 0.463 e. The number of fused-ring (bicyclic) bond motifs is 2. The molecule has 3 heterocycles. The summed E-state index contributed by atoms with van der Waals surface area (Å²) < 4.78 is 39.6. The summed E-state index contributed by atoms with van der Waals surface area (Å²) in [5, 5.41) is 7.74. The Hall–Kier alpha value is -5.46. The van der Waals surface area contributed by atoms with Crippen LogP contribution in [-0.2, 0) is 54.3 Å². The Morgan fingerprint density at radius 2 is 1.57 bits per heavy atom.